The van der Waals surface area contributed by atoms with E-state index in [2.05, 4.69) is 10.3 Å². The summed E-state index contributed by atoms with van der Waals surface area (Å²) in [6.07, 6.45) is 1.89. The first-order valence-corrected chi connectivity index (χ1v) is 15.0. The van der Waals surface area contributed by atoms with E-state index in [0.29, 0.717) is 17.7 Å². The molecule has 5 rings (SSSR count). The standard InChI is InChI=1S/C26H29F7N4O3S/c1-40-19-12-22(35-13-19)24(38)37(18-2-4-20(5-3-18)41(29,30,31,32)33)23-21-14-34-11-8-16(21)15-36(25(23)39)17-6-9-26(27,28)10-7-17/h2-5,8,11,14,17,19,22-23,35H,6-7,9-10,12-13,15H2,1H3/t19-,22-,23?/m1/s1. The van der Waals surface area contributed by atoms with Crippen molar-refractivity contribution in [3.63, 3.8) is 0 Å². The molecule has 0 spiro atoms. The quantitative estimate of drug-likeness (QED) is 0.400. The van der Waals surface area contributed by atoms with Gasteiger partial charge in [0.2, 0.25) is 11.8 Å². The number of hydrogen-bond donors (Lipinski definition) is 1. The molecule has 1 saturated carbocycles. The highest BCUT2D eigenvalue weighted by Gasteiger charge is 2.65. The van der Waals surface area contributed by atoms with Gasteiger partial charge in [-0.2, -0.15) is 0 Å². The molecule has 3 aliphatic rings. The molecule has 226 valence electrons. The Morgan fingerprint density at radius 3 is 2.34 bits per heavy atom. The van der Waals surface area contributed by atoms with Gasteiger partial charge in [-0.1, -0.05) is 19.4 Å². The minimum atomic E-state index is -10.0. The maximum absolute atomic E-state index is 14.1. The second-order valence-corrected chi connectivity index (χ2v) is 13.2. The van der Waals surface area contributed by atoms with Crippen molar-refractivity contribution >= 4 is 27.7 Å². The smallest absolute Gasteiger partial charge is 0.310 e. The molecule has 2 fully saturated rings. The first kappa shape index (κ1) is 29.6. The molecule has 1 unspecified atom stereocenters. The summed E-state index contributed by atoms with van der Waals surface area (Å²) in [7, 11) is -8.56. The van der Waals surface area contributed by atoms with Crippen LogP contribution in [0.5, 0.6) is 0 Å². The average molecular weight is 611 g/mol. The maximum Gasteiger partial charge on any atom is 0.310 e. The molecular weight excluding hydrogens is 581 g/mol. The van der Waals surface area contributed by atoms with Crippen LogP contribution in [0.2, 0.25) is 0 Å². The number of fused-ring (bicyclic) bond motifs is 1. The van der Waals surface area contributed by atoms with Crippen LogP contribution in [0.25, 0.3) is 0 Å². The Labute approximate surface area is 231 Å². The first-order valence-electron chi connectivity index (χ1n) is 13.0. The van der Waals surface area contributed by atoms with Gasteiger partial charge >= 0.3 is 10.2 Å². The minimum absolute atomic E-state index is 0.0259. The number of halogens is 7. The van der Waals surface area contributed by atoms with Crippen molar-refractivity contribution in [1.82, 2.24) is 15.2 Å². The van der Waals surface area contributed by atoms with Crippen molar-refractivity contribution in [3.8, 4) is 0 Å². The molecule has 1 aromatic heterocycles. The Hall–Kier alpha value is -2.91. The zero-order chi connectivity index (χ0) is 29.9. The number of benzene rings is 1. The topological polar surface area (TPSA) is 74.8 Å². The van der Waals surface area contributed by atoms with E-state index in [-0.39, 0.29) is 49.7 Å². The van der Waals surface area contributed by atoms with Crippen molar-refractivity contribution in [2.45, 2.75) is 73.7 Å². The predicted octanol–water partition coefficient (Wildman–Crippen LogP) is 6.11. The Morgan fingerprint density at radius 2 is 1.76 bits per heavy atom. The number of nitrogens with zero attached hydrogens (tertiary/aromatic N) is 3. The van der Waals surface area contributed by atoms with Crippen LogP contribution in [0.1, 0.15) is 49.3 Å². The number of pyridine rings is 1. The van der Waals surface area contributed by atoms with E-state index in [1.165, 1.54) is 24.4 Å². The van der Waals surface area contributed by atoms with Crippen molar-refractivity contribution in [3.05, 3.63) is 53.9 Å². The molecule has 15 heteroatoms. The SMILES string of the molecule is CO[C@H]1CN[C@@H](C(=O)N(c2ccc(S(F)(F)(F)(F)F)cc2)C2C(=O)N(C3CCC(F)(F)CC3)Cc3ccncc32)C1. The molecule has 3 atom stereocenters. The number of hydrogen-bond acceptors (Lipinski definition) is 5. The number of rotatable bonds is 6. The van der Waals surface area contributed by atoms with Crippen LogP contribution in [0.4, 0.5) is 33.9 Å². The number of ether oxygens (including phenoxy) is 1. The van der Waals surface area contributed by atoms with Crippen molar-refractivity contribution < 1.29 is 42.5 Å². The highest BCUT2D eigenvalue weighted by atomic mass is 32.5. The zero-order valence-corrected chi connectivity index (χ0v) is 22.7. The fourth-order valence-electron chi connectivity index (χ4n) is 5.78. The number of carbonyl (C=O) groups excluding carboxylic acids is 2. The molecule has 2 aliphatic heterocycles. The van der Waals surface area contributed by atoms with Crippen LogP contribution < -0.4 is 10.2 Å². The number of nitrogens with one attached hydrogen (secondary N) is 1. The van der Waals surface area contributed by atoms with Crippen LogP contribution in [-0.4, -0.2) is 59.5 Å². The van der Waals surface area contributed by atoms with E-state index in [1.54, 1.807) is 6.07 Å². The summed E-state index contributed by atoms with van der Waals surface area (Å²) in [5, 5.41) is 2.98. The molecule has 0 bridgehead atoms. The van der Waals surface area contributed by atoms with Crippen molar-refractivity contribution in [2.75, 3.05) is 18.6 Å². The second-order valence-electron chi connectivity index (χ2n) is 10.8. The molecule has 1 saturated heterocycles. The molecule has 7 nitrogen and oxygen atoms in total. The summed E-state index contributed by atoms with van der Waals surface area (Å²) in [4.78, 5) is 32.5. The number of methoxy groups -OCH3 is 1. The van der Waals surface area contributed by atoms with Gasteiger partial charge in [-0.15, -0.1) is 0 Å². The van der Waals surface area contributed by atoms with Gasteiger partial charge in [0.1, 0.15) is 10.9 Å². The highest BCUT2D eigenvalue weighted by molar-refractivity contribution is 8.45. The second kappa shape index (κ2) is 9.56. The van der Waals surface area contributed by atoms with Crippen LogP contribution in [0, 0.1) is 0 Å². The van der Waals surface area contributed by atoms with Gasteiger partial charge in [0.15, 0.2) is 0 Å². The van der Waals surface area contributed by atoms with E-state index in [0.717, 1.165) is 17.0 Å². The first-order chi connectivity index (χ1) is 19.0. The van der Waals surface area contributed by atoms with Gasteiger partial charge in [-0.25, -0.2) is 8.78 Å². The van der Waals surface area contributed by atoms with E-state index in [9.17, 15) is 37.8 Å². The van der Waals surface area contributed by atoms with Gasteiger partial charge in [-0.3, -0.25) is 19.5 Å². The highest BCUT2D eigenvalue weighted by Crippen LogP contribution is 3.02. The monoisotopic (exact) mass is 610 g/mol. The maximum atomic E-state index is 14.1. The molecule has 2 amide bonds. The number of anilines is 1. The van der Waals surface area contributed by atoms with Crippen LogP contribution in [0.3, 0.4) is 0 Å². The summed E-state index contributed by atoms with van der Waals surface area (Å²) in [5.74, 6) is -4.16. The Balaban J connectivity index is 1.59. The summed E-state index contributed by atoms with van der Waals surface area (Å²) >= 11 is 0. The predicted molar refractivity (Wildman–Crippen MR) is 137 cm³/mol. The number of aromatic nitrogens is 1. The molecular formula is C26H29F7N4O3S. The Morgan fingerprint density at radius 1 is 1.10 bits per heavy atom. The molecule has 3 heterocycles. The van der Waals surface area contributed by atoms with Crippen molar-refractivity contribution in [2.24, 2.45) is 0 Å². The molecule has 2 aromatic rings. The van der Waals surface area contributed by atoms with Gasteiger partial charge in [0.25, 0.3) is 5.91 Å². The van der Waals surface area contributed by atoms with E-state index in [4.69, 9.17) is 4.74 Å². The van der Waals surface area contributed by atoms with Gasteiger partial charge in [0, 0.05) is 62.7 Å². The molecule has 1 N–H and O–H groups in total. The zero-order valence-electron chi connectivity index (χ0n) is 21.9. The van der Waals surface area contributed by atoms with Gasteiger partial charge in [-0.05, 0) is 55.2 Å². The number of alkyl halides is 2. The number of amides is 2. The summed E-state index contributed by atoms with van der Waals surface area (Å²) < 4.78 is 100. The van der Waals surface area contributed by atoms with E-state index < -0.39 is 63.8 Å². The molecule has 0 radical (unpaired) electrons. The third-order valence-electron chi connectivity index (χ3n) is 8.00. The van der Waals surface area contributed by atoms with Gasteiger partial charge < -0.3 is 15.0 Å². The fraction of sp³-hybridized carbons (Fsp3) is 0.500. The van der Waals surface area contributed by atoms with Crippen LogP contribution in [-0.2, 0) is 20.9 Å². The van der Waals surface area contributed by atoms with E-state index in [1.807, 2.05) is 0 Å². The largest absolute Gasteiger partial charge is 0.380 e. The van der Waals surface area contributed by atoms with Crippen molar-refractivity contribution in [1.29, 1.82) is 0 Å². The fourth-order valence-corrected chi connectivity index (χ4v) is 6.43. The Kier molecular flexibility index (Phi) is 6.90. The lowest BCUT2D eigenvalue weighted by Gasteiger charge is -2.45. The molecule has 1 aromatic carbocycles. The third-order valence-corrected chi connectivity index (χ3v) is 9.17. The lowest BCUT2D eigenvalue weighted by Crippen LogP contribution is -2.55. The summed E-state index contributed by atoms with van der Waals surface area (Å²) in [6.45, 7) is 0.366. The average Bonchev–Trinajstić information content (AvgIpc) is 3.38. The lowest BCUT2D eigenvalue weighted by molar-refractivity contribution is -0.142. The van der Waals surface area contributed by atoms with Crippen LogP contribution >= 0.6 is 10.2 Å². The van der Waals surface area contributed by atoms with Crippen LogP contribution in [0.15, 0.2) is 47.6 Å². The number of carbonyl (C=O) groups is 2. The van der Waals surface area contributed by atoms with Gasteiger partial charge in [0.05, 0.1) is 12.1 Å². The normalized spacial score (nSPS) is 26.7. The third kappa shape index (κ3) is 6.02. The lowest BCUT2D eigenvalue weighted by atomic mass is 9.87. The Bertz CT molecular complexity index is 1330. The molecule has 1 aliphatic carbocycles. The van der Waals surface area contributed by atoms with E-state index >= 15 is 0 Å². The molecule has 41 heavy (non-hydrogen) atoms. The summed E-state index contributed by atoms with van der Waals surface area (Å²) in [5.41, 5.74) is 0.673. The summed E-state index contributed by atoms with van der Waals surface area (Å²) in [6, 6.07) is 0.595. The minimum Gasteiger partial charge on any atom is -0.380 e.